The highest BCUT2D eigenvalue weighted by Crippen LogP contribution is 2.64. The van der Waals surface area contributed by atoms with Crippen molar-refractivity contribution in [3.8, 4) is 5.75 Å². The van der Waals surface area contributed by atoms with Gasteiger partial charge in [-0.2, -0.15) is 0 Å². The quantitative estimate of drug-likeness (QED) is 0.319. The molecule has 6 unspecified atom stereocenters. The second-order valence-corrected chi connectivity index (χ2v) is 12.2. The average molecular weight is 573 g/mol. The van der Waals surface area contributed by atoms with Crippen molar-refractivity contribution in [1.82, 2.24) is 0 Å². The summed E-state index contributed by atoms with van der Waals surface area (Å²) in [5.41, 5.74) is 1.88. The third-order valence-corrected chi connectivity index (χ3v) is 10.1. The van der Waals surface area contributed by atoms with Crippen LogP contribution in [0.1, 0.15) is 36.8 Å². The van der Waals surface area contributed by atoms with Gasteiger partial charge in [0.25, 0.3) is 0 Å². The Bertz CT molecular complexity index is 1710. The molecule has 2 saturated heterocycles. The molecular formula is C36H32N2O5. The number of phenols is 1. The van der Waals surface area contributed by atoms with E-state index in [0.29, 0.717) is 35.3 Å². The highest BCUT2D eigenvalue weighted by molar-refractivity contribution is 6.25. The molecule has 2 heterocycles. The molecule has 2 aliphatic heterocycles. The van der Waals surface area contributed by atoms with Crippen LogP contribution < -0.4 is 9.80 Å². The molecule has 6 atom stereocenters. The molecule has 7 nitrogen and oxygen atoms in total. The van der Waals surface area contributed by atoms with E-state index in [1.807, 2.05) is 43.3 Å². The lowest BCUT2D eigenvalue weighted by Gasteiger charge is -2.49. The van der Waals surface area contributed by atoms with E-state index in [2.05, 4.69) is 6.58 Å². The Balaban J connectivity index is 1.40. The predicted molar refractivity (Wildman–Crippen MR) is 162 cm³/mol. The number of allylic oxidation sites excluding steroid dienone is 3. The molecule has 1 saturated carbocycles. The Morgan fingerprint density at radius 2 is 1.49 bits per heavy atom. The first kappa shape index (κ1) is 27.1. The molecule has 1 N–H and O–H groups in total. The summed E-state index contributed by atoms with van der Waals surface area (Å²) in [6.45, 7) is 5.64. The topological polar surface area (TPSA) is 95.0 Å². The number of carbonyl (C=O) groups excluding carboxylic acids is 4. The number of para-hydroxylation sites is 3. The van der Waals surface area contributed by atoms with E-state index in [9.17, 15) is 24.3 Å². The van der Waals surface area contributed by atoms with Crippen LogP contribution in [0.3, 0.4) is 0 Å². The highest BCUT2D eigenvalue weighted by atomic mass is 16.3. The molecule has 0 spiro atoms. The van der Waals surface area contributed by atoms with Crippen LogP contribution in [0.2, 0.25) is 0 Å². The van der Waals surface area contributed by atoms with E-state index >= 15 is 0 Å². The minimum atomic E-state index is -1.21. The van der Waals surface area contributed by atoms with Crippen LogP contribution in [0, 0.1) is 29.1 Å². The summed E-state index contributed by atoms with van der Waals surface area (Å²) in [5.74, 6) is -4.16. The fourth-order valence-corrected chi connectivity index (χ4v) is 8.18. The Hall–Kier alpha value is -4.78. The lowest BCUT2D eigenvalue weighted by molar-refractivity contribution is -0.131. The van der Waals surface area contributed by atoms with E-state index in [1.165, 1.54) is 9.80 Å². The molecule has 0 bridgehead atoms. The van der Waals surface area contributed by atoms with Crippen LogP contribution in [-0.4, -0.2) is 28.7 Å². The van der Waals surface area contributed by atoms with Gasteiger partial charge in [0, 0.05) is 11.5 Å². The lowest BCUT2D eigenvalue weighted by Crippen LogP contribution is -2.49. The van der Waals surface area contributed by atoms with Gasteiger partial charge in [0.05, 0.1) is 34.5 Å². The maximum atomic E-state index is 14.5. The Morgan fingerprint density at radius 1 is 0.837 bits per heavy atom. The van der Waals surface area contributed by atoms with Crippen molar-refractivity contribution < 1.29 is 24.3 Å². The van der Waals surface area contributed by atoms with E-state index in [0.717, 1.165) is 5.57 Å². The number of anilines is 2. The third-order valence-electron chi connectivity index (χ3n) is 10.1. The molecule has 3 aromatic rings. The van der Waals surface area contributed by atoms with Crippen LogP contribution in [0.4, 0.5) is 11.4 Å². The van der Waals surface area contributed by atoms with Crippen molar-refractivity contribution in [2.45, 2.75) is 32.1 Å². The third kappa shape index (κ3) is 3.73. The summed E-state index contributed by atoms with van der Waals surface area (Å²) in [6.07, 6.45) is 4.75. The molecule has 3 aromatic carbocycles. The van der Waals surface area contributed by atoms with Gasteiger partial charge in [0.1, 0.15) is 5.75 Å². The van der Waals surface area contributed by atoms with Gasteiger partial charge >= 0.3 is 0 Å². The molecule has 0 aromatic heterocycles. The maximum absolute atomic E-state index is 14.5. The monoisotopic (exact) mass is 572 g/mol. The fourth-order valence-electron chi connectivity index (χ4n) is 8.18. The molecule has 43 heavy (non-hydrogen) atoms. The summed E-state index contributed by atoms with van der Waals surface area (Å²) in [4.78, 5) is 59.1. The molecule has 2 aliphatic carbocycles. The summed E-state index contributed by atoms with van der Waals surface area (Å²) < 4.78 is 0. The van der Waals surface area contributed by atoms with E-state index in [-0.39, 0.29) is 35.8 Å². The van der Waals surface area contributed by atoms with Crippen molar-refractivity contribution in [2.75, 3.05) is 9.80 Å². The minimum Gasteiger partial charge on any atom is -0.507 e. The second-order valence-electron chi connectivity index (χ2n) is 12.2. The number of rotatable bonds is 5. The summed E-state index contributed by atoms with van der Waals surface area (Å²) in [7, 11) is 0. The number of benzene rings is 3. The van der Waals surface area contributed by atoms with Crippen molar-refractivity contribution in [2.24, 2.45) is 29.1 Å². The molecule has 216 valence electrons. The van der Waals surface area contributed by atoms with Crippen LogP contribution >= 0.6 is 0 Å². The van der Waals surface area contributed by atoms with Crippen LogP contribution in [0.25, 0.3) is 0 Å². The first-order valence-corrected chi connectivity index (χ1v) is 14.8. The van der Waals surface area contributed by atoms with Gasteiger partial charge in [-0.15, -0.1) is 6.58 Å². The Labute approximate surface area is 250 Å². The molecule has 7 rings (SSSR count). The number of aromatic hydroxyl groups is 1. The zero-order valence-electron chi connectivity index (χ0n) is 23.9. The normalized spacial score (nSPS) is 29.7. The van der Waals surface area contributed by atoms with Gasteiger partial charge in [-0.05, 0) is 61.9 Å². The van der Waals surface area contributed by atoms with E-state index in [1.54, 1.807) is 54.6 Å². The predicted octanol–water partition coefficient (Wildman–Crippen LogP) is 5.56. The molecule has 7 heteroatoms. The van der Waals surface area contributed by atoms with Crippen molar-refractivity contribution >= 4 is 35.0 Å². The molecule has 4 amide bonds. The second kappa shape index (κ2) is 9.90. The Morgan fingerprint density at radius 3 is 2.14 bits per heavy atom. The zero-order chi connectivity index (χ0) is 30.0. The zero-order valence-corrected chi connectivity index (χ0v) is 23.9. The van der Waals surface area contributed by atoms with E-state index in [4.69, 9.17) is 0 Å². The lowest BCUT2D eigenvalue weighted by atomic mass is 9.51. The highest BCUT2D eigenvalue weighted by Gasteiger charge is 2.68. The average Bonchev–Trinajstić information content (AvgIpc) is 3.39. The van der Waals surface area contributed by atoms with Crippen LogP contribution in [0.5, 0.6) is 5.75 Å². The van der Waals surface area contributed by atoms with E-state index < -0.39 is 35.0 Å². The van der Waals surface area contributed by atoms with Crippen LogP contribution in [-0.2, 0) is 25.6 Å². The van der Waals surface area contributed by atoms with Gasteiger partial charge in [-0.3, -0.25) is 24.1 Å². The van der Waals surface area contributed by atoms with Crippen LogP contribution in [0.15, 0.2) is 103 Å². The Kier molecular flexibility index (Phi) is 6.24. The number of imide groups is 2. The smallest absolute Gasteiger partial charge is 0.241 e. The number of amides is 4. The summed E-state index contributed by atoms with van der Waals surface area (Å²) in [6, 6.07) is 23.3. The standard InChI is InChI=1S/C36H32N2O5/c1-3-11-21-12-10-17-26(31(21)39)30-24-18-19-25-29(34(42)37(32(25)40)22-13-6-4-7-14-22)27(24)20-28-33(41)38(35(43)36(28,30)2)23-15-8-5-9-16-23/h3-10,12-18,25,27-30,39H,1,11,19-20H2,2H3. The molecule has 3 fully saturated rings. The molecular weight excluding hydrogens is 540 g/mol. The van der Waals surface area contributed by atoms with Crippen molar-refractivity contribution in [3.63, 3.8) is 0 Å². The first-order valence-electron chi connectivity index (χ1n) is 14.8. The minimum absolute atomic E-state index is 0.0641. The van der Waals surface area contributed by atoms with Crippen molar-refractivity contribution in [1.29, 1.82) is 0 Å². The number of nitrogens with zero attached hydrogens (tertiary/aromatic N) is 2. The largest absolute Gasteiger partial charge is 0.507 e. The number of phenolic OH excluding ortho intramolecular Hbond substituents is 1. The fraction of sp³-hybridized carbons (Fsp3) is 0.278. The van der Waals surface area contributed by atoms with Gasteiger partial charge < -0.3 is 5.11 Å². The number of hydrogen-bond donors (Lipinski definition) is 1. The van der Waals surface area contributed by atoms with Crippen molar-refractivity contribution in [3.05, 3.63) is 114 Å². The number of hydrogen-bond acceptors (Lipinski definition) is 5. The van der Waals surface area contributed by atoms with Gasteiger partial charge in [0.2, 0.25) is 23.6 Å². The van der Waals surface area contributed by atoms with Gasteiger partial charge in [-0.1, -0.05) is 72.3 Å². The molecule has 4 aliphatic rings. The number of fused-ring (bicyclic) bond motifs is 4. The van der Waals surface area contributed by atoms with Gasteiger partial charge in [0.15, 0.2) is 0 Å². The first-order chi connectivity index (χ1) is 20.8. The van der Waals surface area contributed by atoms with Gasteiger partial charge in [-0.25, -0.2) is 4.90 Å². The SMILES string of the molecule is C=CCc1cccc(C2C3=CCC4C(=O)N(c5ccccc5)C(=O)C4C3CC3C(=O)N(c4ccccc4)C(=O)C32C)c1O. The maximum Gasteiger partial charge on any atom is 0.241 e. The molecule has 0 radical (unpaired) electrons. The summed E-state index contributed by atoms with van der Waals surface area (Å²) in [5, 5.41) is 11.6. The summed E-state index contributed by atoms with van der Waals surface area (Å²) >= 11 is 0. The number of carbonyl (C=O) groups is 4.